The van der Waals surface area contributed by atoms with Crippen LogP contribution in [0.15, 0.2) is 68.7 Å². The van der Waals surface area contributed by atoms with E-state index in [1.807, 2.05) is 61.5 Å². The van der Waals surface area contributed by atoms with Gasteiger partial charge >= 0.3 is 0 Å². The zero-order valence-electron chi connectivity index (χ0n) is 14.8. The maximum atomic E-state index is 12.4. The first-order chi connectivity index (χ1) is 13.6. The predicted molar refractivity (Wildman–Crippen MR) is 113 cm³/mol. The molecule has 1 amide bonds. The molecule has 4 aromatic rings. The Balaban J connectivity index is 1.44. The van der Waals surface area contributed by atoms with Gasteiger partial charge in [0.15, 0.2) is 0 Å². The van der Waals surface area contributed by atoms with Crippen molar-refractivity contribution < 1.29 is 9.21 Å². The number of amides is 1. The van der Waals surface area contributed by atoms with Gasteiger partial charge < -0.3 is 9.73 Å². The van der Waals surface area contributed by atoms with Crippen molar-refractivity contribution in [1.82, 2.24) is 15.2 Å². The second-order valence-corrected chi connectivity index (χ2v) is 7.80. The number of para-hydroxylation sites is 1. The maximum absolute atomic E-state index is 12.4. The number of pyridine rings is 1. The molecule has 0 atom stereocenters. The Labute approximate surface area is 173 Å². The number of nitrogens with one attached hydrogen (secondary N) is 1. The summed E-state index contributed by atoms with van der Waals surface area (Å²) in [4.78, 5) is 16.9. The SMILES string of the molecule is Cc1cc(NC(=O)CSc2nnc(-c3ccccc3Br)o2)c2ccccc2n1. The lowest BCUT2D eigenvalue weighted by Crippen LogP contribution is -2.14. The number of fused-ring (bicyclic) bond motifs is 1. The molecule has 0 aliphatic carbocycles. The molecule has 0 spiro atoms. The van der Waals surface area contributed by atoms with Crippen LogP contribution in [-0.4, -0.2) is 26.8 Å². The van der Waals surface area contributed by atoms with Crippen LogP contribution in [0, 0.1) is 6.92 Å². The highest BCUT2D eigenvalue weighted by atomic mass is 79.9. The summed E-state index contributed by atoms with van der Waals surface area (Å²) in [5.74, 6) is 0.417. The van der Waals surface area contributed by atoms with Gasteiger partial charge in [-0.15, -0.1) is 10.2 Å². The van der Waals surface area contributed by atoms with Gasteiger partial charge in [0.05, 0.1) is 22.5 Å². The average Bonchev–Trinajstić information content (AvgIpc) is 3.15. The Hall–Kier alpha value is -2.71. The molecule has 0 aliphatic heterocycles. The lowest BCUT2D eigenvalue weighted by atomic mass is 10.1. The number of carbonyl (C=O) groups excluding carboxylic acids is 1. The molecule has 0 radical (unpaired) electrons. The van der Waals surface area contributed by atoms with Crippen molar-refractivity contribution in [2.75, 3.05) is 11.1 Å². The van der Waals surface area contributed by atoms with E-state index in [-0.39, 0.29) is 11.7 Å². The summed E-state index contributed by atoms with van der Waals surface area (Å²) < 4.78 is 6.53. The molecule has 0 unspecified atom stereocenters. The van der Waals surface area contributed by atoms with Crippen molar-refractivity contribution in [2.24, 2.45) is 0 Å². The number of benzene rings is 2. The largest absolute Gasteiger partial charge is 0.411 e. The van der Waals surface area contributed by atoms with Gasteiger partial charge in [0.1, 0.15) is 0 Å². The van der Waals surface area contributed by atoms with Crippen LogP contribution in [0.1, 0.15) is 5.69 Å². The summed E-state index contributed by atoms with van der Waals surface area (Å²) in [7, 11) is 0. The molecule has 0 aliphatic rings. The average molecular weight is 455 g/mol. The highest BCUT2D eigenvalue weighted by molar-refractivity contribution is 9.10. The van der Waals surface area contributed by atoms with E-state index in [9.17, 15) is 4.79 Å². The molecule has 28 heavy (non-hydrogen) atoms. The van der Waals surface area contributed by atoms with Crippen LogP contribution in [0.25, 0.3) is 22.4 Å². The Kier molecular flexibility index (Phi) is 5.40. The minimum Gasteiger partial charge on any atom is -0.411 e. The predicted octanol–water partition coefficient (Wildman–Crippen LogP) is 5.09. The molecule has 4 rings (SSSR count). The molecule has 6 nitrogen and oxygen atoms in total. The number of hydrogen-bond acceptors (Lipinski definition) is 6. The van der Waals surface area contributed by atoms with Gasteiger partial charge in [0.2, 0.25) is 11.8 Å². The van der Waals surface area contributed by atoms with E-state index in [0.717, 1.165) is 32.3 Å². The fourth-order valence-corrected chi connectivity index (χ4v) is 3.75. The molecule has 0 saturated carbocycles. The van der Waals surface area contributed by atoms with Crippen molar-refractivity contribution in [2.45, 2.75) is 12.1 Å². The zero-order chi connectivity index (χ0) is 19.5. The van der Waals surface area contributed by atoms with Crippen LogP contribution in [0.2, 0.25) is 0 Å². The number of aromatic nitrogens is 3. The smallest absolute Gasteiger partial charge is 0.277 e. The molecule has 2 aromatic carbocycles. The lowest BCUT2D eigenvalue weighted by Gasteiger charge is -2.09. The Morgan fingerprint density at radius 2 is 1.93 bits per heavy atom. The third-order valence-electron chi connectivity index (χ3n) is 3.96. The minimum atomic E-state index is -0.151. The minimum absolute atomic E-state index is 0.151. The fourth-order valence-electron chi connectivity index (χ4n) is 2.74. The highest BCUT2D eigenvalue weighted by Gasteiger charge is 2.14. The van der Waals surface area contributed by atoms with Gasteiger partial charge in [-0.3, -0.25) is 9.78 Å². The van der Waals surface area contributed by atoms with Gasteiger partial charge in [-0.1, -0.05) is 42.1 Å². The van der Waals surface area contributed by atoms with Gasteiger partial charge in [0.25, 0.3) is 5.22 Å². The van der Waals surface area contributed by atoms with Crippen molar-refractivity contribution in [1.29, 1.82) is 0 Å². The molecule has 8 heteroatoms. The first kappa shape index (κ1) is 18.6. The Morgan fingerprint density at radius 3 is 2.79 bits per heavy atom. The monoisotopic (exact) mass is 454 g/mol. The third kappa shape index (κ3) is 4.07. The molecular formula is C20H15BrN4O2S. The first-order valence-electron chi connectivity index (χ1n) is 8.47. The second-order valence-electron chi connectivity index (χ2n) is 6.02. The summed E-state index contributed by atoms with van der Waals surface area (Å²) in [5, 5.41) is 12.3. The topological polar surface area (TPSA) is 80.9 Å². The number of halogens is 1. The van der Waals surface area contributed by atoms with E-state index < -0.39 is 0 Å². The van der Waals surface area contributed by atoms with Crippen LogP contribution >= 0.6 is 27.7 Å². The highest BCUT2D eigenvalue weighted by Crippen LogP contribution is 2.29. The standard InChI is InChI=1S/C20H15BrN4O2S/c1-12-10-17(14-7-3-5-9-16(14)22-12)23-18(26)11-28-20-25-24-19(27-20)13-6-2-4-8-15(13)21/h2-10H,11H2,1H3,(H,22,23,26). The van der Waals surface area contributed by atoms with Crippen molar-refractivity contribution in [3.8, 4) is 11.5 Å². The number of rotatable bonds is 5. The normalized spacial score (nSPS) is 10.9. The number of nitrogens with zero attached hydrogens (tertiary/aromatic N) is 3. The van der Waals surface area contributed by atoms with Crippen molar-refractivity contribution in [3.05, 3.63) is 64.8 Å². The number of hydrogen-bond donors (Lipinski definition) is 1. The van der Waals surface area contributed by atoms with Crippen LogP contribution in [0.5, 0.6) is 0 Å². The molecule has 2 heterocycles. The quantitative estimate of drug-likeness (QED) is 0.423. The van der Waals surface area contributed by atoms with E-state index >= 15 is 0 Å². The Bertz CT molecular complexity index is 1160. The van der Waals surface area contributed by atoms with E-state index in [1.54, 1.807) is 0 Å². The van der Waals surface area contributed by atoms with Crippen LogP contribution in [-0.2, 0) is 4.79 Å². The van der Waals surface area contributed by atoms with Crippen molar-refractivity contribution >= 4 is 50.2 Å². The molecular weight excluding hydrogens is 440 g/mol. The Morgan fingerprint density at radius 1 is 1.14 bits per heavy atom. The third-order valence-corrected chi connectivity index (χ3v) is 5.47. The van der Waals surface area contributed by atoms with Crippen LogP contribution in [0.3, 0.4) is 0 Å². The summed E-state index contributed by atoms with van der Waals surface area (Å²) >= 11 is 4.66. The fraction of sp³-hybridized carbons (Fsp3) is 0.100. The van der Waals surface area contributed by atoms with E-state index in [2.05, 4.69) is 36.4 Å². The molecule has 1 N–H and O–H groups in total. The molecule has 2 aromatic heterocycles. The molecule has 0 fully saturated rings. The lowest BCUT2D eigenvalue weighted by molar-refractivity contribution is -0.113. The van der Waals surface area contributed by atoms with Gasteiger partial charge in [-0.05, 0) is 47.1 Å². The summed E-state index contributed by atoms with van der Waals surface area (Å²) in [6.07, 6.45) is 0. The number of anilines is 1. The summed E-state index contributed by atoms with van der Waals surface area (Å²) in [6.45, 7) is 1.90. The first-order valence-corrected chi connectivity index (χ1v) is 10.3. The van der Waals surface area contributed by atoms with Crippen LogP contribution < -0.4 is 5.32 Å². The van der Waals surface area contributed by atoms with E-state index in [1.165, 1.54) is 11.8 Å². The van der Waals surface area contributed by atoms with Crippen LogP contribution in [0.4, 0.5) is 5.69 Å². The van der Waals surface area contributed by atoms with Gasteiger partial charge in [0, 0.05) is 15.6 Å². The number of aryl methyl sites for hydroxylation is 1. The summed E-state index contributed by atoms with van der Waals surface area (Å²) in [6, 6.07) is 17.2. The van der Waals surface area contributed by atoms with Gasteiger partial charge in [-0.25, -0.2) is 0 Å². The number of thioether (sulfide) groups is 1. The maximum Gasteiger partial charge on any atom is 0.277 e. The van der Waals surface area contributed by atoms with Gasteiger partial charge in [-0.2, -0.15) is 0 Å². The van der Waals surface area contributed by atoms with E-state index in [0.29, 0.717) is 11.1 Å². The molecule has 0 saturated heterocycles. The van der Waals surface area contributed by atoms with E-state index in [4.69, 9.17) is 4.42 Å². The molecule has 140 valence electrons. The zero-order valence-corrected chi connectivity index (χ0v) is 17.3. The molecule has 0 bridgehead atoms. The summed E-state index contributed by atoms with van der Waals surface area (Å²) in [5.41, 5.74) is 3.25. The van der Waals surface area contributed by atoms with Crippen molar-refractivity contribution in [3.63, 3.8) is 0 Å². The number of carbonyl (C=O) groups is 1. The second kappa shape index (κ2) is 8.12.